The van der Waals surface area contributed by atoms with E-state index in [0.29, 0.717) is 22.3 Å². The molecule has 0 bridgehead atoms. The van der Waals surface area contributed by atoms with E-state index in [1.165, 1.54) is 12.1 Å². The predicted octanol–water partition coefficient (Wildman–Crippen LogP) is -0.818. The van der Waals surface area contributed by atoms with Crippen LogP contribution in [-0.4, -0.2) is 74.6 Å². The summed E-state index contributed by atoms with van der Waals surface area (Å²) in [5, 5.41) is 50.9. The summed E-state index contributed by atoms with van der Waals surface area (Å²) in [6.45, 7) is 2.62. The minimum Gasteiger partial charge on any atom is -0.484 e. The quantitative estimate of drug-likeness (QED) is 0.393. The molecule has 10 nitrogen and oxygen atoms in total. The molecule has 0 amide bonds. The van der Waals surface area contributed by atoms with Gasteiger partial charge < -0.3 is 44.2 Å². The lowest BCUT2D eigenvalue weighted by Gasteiger charge is -2.44. The van der Waals surface area contributed by atoms with Gasteiger partial charge in [0.05, 0.1) is 6.61 Å². The van der Waals surface area contributed by atoms with Crippen molar-refractivity contribution < 1.29 is 44.2 Å². The summed E-state index contributed by atoms with van der Waals surface area (Å²) in [6, 6.07) is 6.03. The SMILES string of the molecule is CC(C)(O[C@@H]1O[C@H](CO)[C@@H](O)[C@H](O)[C@H]1O)[C@@H]1Oc2cc3oc(=O)ccc3cc2[C@@H]1O. The van der Waals surface area contributed by atoms with E-state index in [1.807, 2.05) is 0 Å². The number of aliphatic hydroxyl groups excluding tert-OH is 5. The average Bonchev–Trinajstić information content (AvgIpc) is 3.03. The molecule has 1 fully saturated rings. The van der Waals surface area contributed by atoms with Crippen molar-refractivity contribution in [3.8, 4) is 5.75 Å². The van der Waals surface area contributed by atoms with Crippen LogP contribution in [0.15, 0.2) is 33.5 Å². The fourth-order valence-corrected chi connectivity index (χ4v) is 3.87. The zero-order chi connectivity index (χ0) is 21.8. The van der Waals surface area contributed by atoms with Crippen LogP contribution in [0.2, 0.25) is 0 Å². The van der Waals surface area contributed by atoms with Crippen molar-refractivity contribution in [3.05, 3.63) is 40.2 Å². The zero-order valence-electron chi connectivity index (χ0n) is 16.3. The number of ether oxygens (including phenoxy) is 3. The fourth-order valence-electron chi connectivity index (χ4n) is 3.87. The summed E-state index contributed by atoms with van der Waals surface area (Å²) < 4.78 is 22.2. The normalized spacial score (nSPS) is 34.0. The molecule has 2 aromatic rings. The Balaban J connectivity index is 1.58. The van der Waals surface area contributed by atoms with E-state index in [4.69, 9.17) is 18.6 Å². The van der Waals surface area contributed by atoms with E-state index in [1.54, 1.807) is 26.0 Å². The van der Waals surface area contributed by atoms with Crippen LogP contribution in [0, 0.1) is 0 Å². The van der Waals surface area contributed by atoms with E-state index in [0.717, 1.165) is 0 Å². The van der Waals surface area contributed by atoms with Gasteiger partial charge in [-0.15, -0.1) is 0 Å². The maximum Gasteiger partial charge on any atom is 0.336 e. The minimum absolute atomic E-state index is 0.307. The van der Waals surface area contributed by atoms with Gasteiger partial charge in [-0.2, -0.15) is 0 Å². The molecular weight excluding hydrogens is 400 g/mol. The molecule has 0 saturated carbocycles. The summed E-state index contributed by atoms with van der Waals surface area (Å²) in [4.78, 5) is 11.5. The maximum atomic E-state index is 11.5. The van der Waals surface area contributed by atoms with Gasteiger partial charge in [-0.25, -0.2) is 4.79 Å². The second-order valence-electron chi connectivity index (χ2n) is 8.08. The van der Waals surface area contributed by atoms with Crippen molar-refractivity contribution in [2.24, 2.45) is 0 Å². The third kappa shape index (κ3) is 3.50. The maximum absolute atomic E-state index is 11.5. The first kappa shape index (κ1) is 21.2. The molecule has 5 N–H and O–H groups in total. The molecule has 30 heavy (non-hydrogen) atoms. The second-order valence-corrected chi connectivity index (χ2v) is 8.08. The minimum atomic E-state index is -1.59. The van der Waals surface area contributed by atoms with Gasteiger partial charge in [0.15, 0.2) is 12.4 Å². The summed E-state index contributed by atoms with van der Waals surface area (Å²) >= 11 is 0. The van der Waals surface area contributed by atoms with Crippen molar-refractivity contribution in [2.75, 3.05) is 6.61 Å². The van der Waals surface area contributed by atoms with Crippen LogP contribution in [0.1, 0.15) is 25.5 Å². The first-order chi connectivity index (χ1) is 14.1. The van der Waals surface area contributed by atoms with E-state index in [9.17, 15) is 30.3 Å². The lowest BCUT2D eigenvalue weighted by molar-refractivity contribution is -0.332. The second kappa shape index (κ2) is 7.57. The van der Waals surface area contributed by atoms with Gasteiger partial charge in [0, 0.05) is 23.1 Å². The zero-order valence-corrected chi connectivity index (χ0v) is 16.3. The number of benzene rings is 1. The van der Waals surface area contributed by atoms with Gasteiger partial charge in [0.25, 0.3) is 0 Å². The monoisotopic (exact) mass is 424 g/mol. The summed E-state index contributed by atoms with van der Waals surface area (Å²) in [7, 11) is 0. The van der Waals surface area contributed by atoms with Gasteiger partial charge in [0.2, 0.25) is 0 Å². The predicted molar refractivity (Wildman–Crippen MR) is 101 cm³/mol. The lowest BCUT2D eigenvalue weighted by Crippen LogP contribution is -2.61. The highest BCUT2D eigenvalue weighted by molar-refractivity contribution is 5.80. The van der Waals surface area contributed by atoms with Crippen LogP contribution < -0.4 is 10.4 Å². The van der Waals surface area contributed by atoms with E-state index in [2.05, 4.69) is 0 Å². The Bertz CT molecular complexity index is 983. The number of aliphatic hydroxyl groups is 5. The molecule has 0 spiro atoms. The number of hydrogen-bond donors (Lipinski definition) is 5. The lowest BCUT2D eigenvalue weighted by atomic mass is 9.93. The molecule has 4 rings (SSSR count). The van der Waals surface area contributed by atoms with Crippen molar-refractivity contribution in [2.45, 2.75) is 62.4 Å². The molecule has 0 unspecified atom stereocenters. The third-order valence-electron chi connectivity index (χ3n) is 5.56. The molecule has 10 heteroatoms. The van der Waals surface area contributed by atoms with Crippen LogP contribution in [-0.2, 0) is 9.47 Å². The first-order valence-corrected chi connectivity index (χ1v) is 9.53. The van der Waals surface area contributed by atoms with Gasteiger partial charge >= 0.3 is 5.63 Å². The van der Waals surface area contributed by atoms with E-state index >= 15 is 0 Å². The highest BCUT2D eigenvalue weighted by atomic mass is 16.7. The Hall–Kier alpha value is -2.05. The van der Waals surface area contributed by atoms with Crippen LogP contribution >= 0.6 is 0 Å². The molecule has 2 aliphatic rings. The van der Waals surface area contributed by atoms with Gasteiger partial charge in [-0.05, 0) is 26.0 Å². The number of hydrogen-bond acceptors (Lipinski definition) is 10. The van der Waals surface area contributed by atoms with Crippen molar-refractivity contribution in [1.82, 2.24) is 0 Å². The van der Waals surface area contributed by atoms with E-state index in [-0.39, 0.29) is 0 Å². The van der Waals surface area contributed by atoms with Crippen LogP contribution in [0.4, 0.5) is 0 Å². The molecule has 1 aromatic carbocycles. The Kier molecular flexibility index (Phi) is 5.35. The topological polar surface area (TPSA) is 159 Å². The highest BCUT2D eigenvalue weighted by Gasteiger charge is 2.50. The Morgan fingerprint density at radius 3 is 2.50 bits per heavy atom. The molecule has 1 aromatic heterocycles. The highest BCUT2D eigenvalue weighted by Crippen LogP contribution is 2.44. The third-order valence-corrected chi connectivity index (χ3v) is 5.56. The molecule has 164 valence electrons. The molecule has 7 atom stereocenters. The van der Waals surface area contributed by atoms with Gasteiger partial charge in [0.1, 0.15) is 47.5 Å². The molecular formula is C20H24O10. The van der Waals surface area contributed by atoms with E-state index < -0.39 is 60.7 Å². The van der Waals surface area contributed by atoms with Crippen LogP contribution in [0.3, 0.4) is 0 Å². The molecule has 1 saturated heterocycles. The number of rotatable bonds is 4. The molecule has 0 radical (unpaired) electrons. The smallest absolute Gasteiger partial charge is 0.336 e. The summed E-state index contributed by atoms with van der Waals surface area (Å²) in [5.41, 5.74) is -0.962. The van der Waals surface area contributed by atoms with Gasteiger partial charge in [-0.1, -0.05) is 0 Å². The van der Waals surface area contributed by atoms with Crippen LogP contribution in [0.25, 0.3) is 11.0 Å². The average molecular weight is 424 g/mol. The van der Waals surface area contributed by atoms with Crippen molar-refractivity contribution in [3.63, 3.8) is 0 Å². The first-order valence-electron chi connectivity index (χ1n) is 9.53. The number of fused-ring (bicyclic) bond motifs is 2. The van der Waals surface area contributed by atoms with Gasteiger partial charge in [-0.3, -0.25) is 0 Å². The van der Waals surface area contributed by atoms with Crippen molar-refractivity contribution >= 4 is 11.0 Å². The molecule has 2 aliphatic heterocycles. The molecule has 0 aliphatic carbocycles. The standard InChI is InChI=1S/C20H24O10/c1-20(2,30-19-17(26)16(25)15(24)12(7-21)29-19)18-14(23)9-5-8-3-4-13(22)27-10(8)6-11(9)28-18/h3-6,12,14-19,21,23-26H,7H2,1-2H3/t12-,14+,15-,16+,17-,18-,19+/m1/s1. The Morgan fingerprint density at radius 1 is 1.07 bits per heavy atom. The Morgan fingerprint density at radius 2 is 1.80 bits per heavy atom. The van der Waals surface area contributed by atoms with Crippen LogP contribution in [0.5, 0.6) is 5.75 Å². The summed E-state index contributed by atoms with van der Waals surface area (Å²) in [5.74, 6) is 0.319. The molecule has 3 heterocycles. The fraction of sp³-hybridized carbons (Fsp3) is 0.550. The van der Waals surface area contributed by atoms with Crippen molar-refractivity contribution in [1.29, 1.82) is 0 Å². The summed E-state index contributed by atoms with van der Waals surface area (Å²) in [6.07, 6.45) is -9.21. The largest absolute Gasteiger partial charge is 0.484 e. The Labute approximate surface area is 170 Å².